The molecule has 0 saturated carbocycles. The second-order valence-electron chi connectivity index (χ2n) is 7.01. The van der Waals surface area contributed by atoms with Crippen LogP contribution in [0.1, 0.15) is 28.4 Å². The molecule has 7 nitrogen and oxygen atoms in total. The van der Waals surface area contributed by atoms with Gasteiger partial charge in [0.15, 0.2) is 0 Å². The predicted molar refractivity (Wildman–Crippen MR) is 103 cm³/mol. The molecule has 0 atom stereocenters. The molecule has 1 saturated heterocycles. The van der Waals surface area contributed by atoms with E-state index < -0.39 is 0 Å². The van der Waals surface area contributed by atoms with Crippen molar-refractivity contribution in [2.24, 2.45) is 0 Å². The normalized spacial score (nSPS) is 17.4. The zero-order valence-corrected chi connectivity index (χ0v) is 16.1. The van der Waals surface area contributed by atoms with Crippen LogP contribution >= 0.6 is 11.3 Å². The molecule has 3 heterocycles. The Bertz CT molecular complexity index is 783. The van der Waals surface area contributed by atoms with Crippen molar-refractivity contribution in [3.63, 3.8) is 0 Å². The number of fused-ring (bicyclic) bond motifs is 1. The predicted octanol–water partition coefficient (Wildman–Crippen LogP) is 1.73. The molecular formula is C18H24N6OS. The molecule has 0 unspecified atom stereocenters. The molecule has 0 N–H and O–H groups in total. The first kappa shape index (κ1) is 17.2. The van der Waals surface area contributed by atoms with Gasteiger partial charge in [0.05, 0.1) is 18.8 Å². The van der Waals surface area contributed by atoms with Crippen LogP contribution in [-0.4, -0.2) is 59.5 Å². The zero-order chi connectivity index (χ0) is 18.1. The Morgan fingerprint density at radius 3 is 2.88 bits per heavy atom. The first-order valence-corrected chi connectivity index (χ1v) is 9.91. The lowest BCUT2D eigenvalue weighted by atomic mass is 10.0. The molecule has 1 amide bonds. The lowest BCUT2D eigenvalue weighted by Gasteiger charge is -2.33. The number of anilines is 2. The van der Waals surface area contributed by atoms with Crippen LogP contribution in [0.2, 0.25) is 0 Å². The summed E-state index contributed by atoms with van der Waals surface area (Å²) in [6.07, 6.45) is 6.40. The van der Waals surface area contributed by atoms with E-state index in [1.54, 1.807) is 11.2 Å². The highest BCUT2D eigenvalue weighted by Gasteiger charge is 2.23. The first-order valence-electron chi connectivity index (χ1n) is 9.09. The standard InChI is InChI=1S/C18H24N6OS/c1-22-7-8-24(11-18(22)25)16-9-15(19-12-20-16)23(2)10-17-21-13-5-3-4-6-14(13)26-17/h9,12H,3-8,10-11H2,1-2H3. The van der Waals surface area contributed by atoms with Crippen LogP contribution in [0, 0.1) is 0 Å². The summed E-state index contributed by atoms with van der Waals surface area (Å²) in [4.78, 5) is 32.9. The van der Waals surface area contributed by atoms with Crippen molar-refractivity contribution in [3.05, 3.63) is 28.0 Å². The maximum Gasteiger partial charge on any atom is 0.241 e. The second-order valence-corrected chi connectivity index (χ2v) is 8.18. The van der Waals surface area contributed by atoms with Gasteiger partial charge in [-0.05, 0) is 25.7 Å². The van der Waals surface area contributed by atoms with Crippen molar-refractivity contribution in [1.82, 2.24) is 19.9 Å². The van der Waals surface area contributed by atoms with Gasteiger partial charge >= 0.3 is 0 Å². The number of amides is 1. The van der Waals surface area contributed by atoms with E-state index in [1.165, 1.54) is 29.8 Å². The molecule has 2 aromatic heterocycles. The van der Waals surface area contributed by atoms with Crippen molar-refractivity contribution in [3.8, 4) is 0 Å². The molecule has 0 aromatic carbocycles. The molecule has 0 radical (unpaired) electrons. The average molecular weight is 372 g/mol. The van der Waals surface area contributed by atoms with E-state index in [4.69, 9.17) is 4.98 Å². The van der Waals surface area contributed by atoms with Gasteiger partial charge in [0.25, 0.3) is 0 Å². The van der Waals surface area contributed by atoms with Crippen molar-refractivity contribution in [2.45, 2.75) is 32.2 Å². The monoisotopic (exact) mass is 372 g/mol. The van der Waals surface area contributed by atoms with Crippen molar-refractivity contribution >= 4 is 28.9 Å². The summed E-state index contributed by atoms with van der Waals surface area (Å²) in [6.45, 7) is 2.63. The van der Waals surface area contributed by atoms with Crippen LogP contribution in [0.4, 0.5) is 11.6 Å². The molecule has 8 heteroatoms. The number of nitrogens with zero attached hydrogens (tertiary/aromatic N) is 6. The number of likely N-dealkylation sites (N-methyl/N-ethyl adjacent to an activating group) is 1. The molecule has 1 aliphatic carbocycles. The van der Waals surface area contributed by atoms with Crippen LogP contribution in [0.3, 0.4) is 0 Å². The van der Waals surface area contributed by atoms with Gasteiger partial charge in [-0.3, -0.25) is 4.79 Å². The zero-order valence-electron chi connectivity index (χ0n) is 15.3. The summed E-state index contributed by atoms with van der Waals surface area (Å²) >= 11 is 1.83. The summed E-state index contributed by atoms with van der Waals surface area (Å²) in [5.41, 5.74) is 1.30. The van der Waals surface area contributed by atoms with E-state index in [2.05, 4.69) is 14.9 Å². The van der Waals surface area contributed by atoms with Crippen molar-refractivity contribution in [2.75, 3.05) is 43.5 Å². The molecule has 2 aromatic rings. The highest BCUT2D eigenvalue weighted by Crippen LogP contribution is 2.28. The first-order chi connectivity index (χ1) is 12.6. The maximum absolute atomic E-state index is 12.0. The Labute approximate surface area is 157 Å². The fourth-order valence-corrected chi connectivity index (χ4v) is 4.64. The number of rotatable bonds is 4. The molecule has 4 rings (SSSR count). The minimum Gasteiger partial charge on any atom is -0.353 e. The number of aromatic nitrogens is 3. The van der Waals surface area contributed by atoms with Gasteiger partial charge in [-0.15, -0.1) is 11.3 Å². The van der Waals surface area contributed by atoms with Crippen LogP contribution < -0.4 is 9.80 Å². The molecule has 0 bridgehead atoms. The second kappa shape index (κ2) is 7.19. The van der Waals surface area contributed by atoms with E-state index in [9.17, 15) is 4.79 Å². The largest absolute Gasteiger partial charge is 0.353 e. The smallest absolute Gasteiger partial charge is 0.241 e. The van der Waals surface area contributed by atoms with Gasteiger partial charge in [-0.25, -0.2) is 15.0 Å². The summed E-state index contributed by atoms with van der Waals surface area (Å²) in [5.74, 6) is 1.79. The highest BCUT2D eigenvalue weighted by atomic mass is 32.1. The Hall–Kier alpha value is -2.22. The van der Waals surface area contributed by atoms with E-state index in [-0.39, 0.29) is 5.91 Å². The lowest BCUT2D eigenvalue weighted by molar-refractivity contribution is -0.129. The Balaban J connectivity index is 1.47. The molecule has 138 valence electrons. The van der Waals surface area contributed by atoms with Crippen LogP contribution in [0.5, 0.6) is 0 Å². The number of aryl methyl sites for hydroxylation is 2. The molecule has 2 aliphatic rings. The molecule has 1 aliphatic heterocycles. The van der Waals surface area contributed by atoms with Crippen LogP contribution in [0.25, 0.3) is 0 Å². The topological polar surface area (TPSA) is 65.5 Å². The molecular weight excluding hydrogens is 348 g/mol. The average Bonchev–Trinajstić information content (AvgIpc) is 3.06. The Morgan fingerprint density at radius 2 is 2.08 bits per heavy atom. The van der Waals surface area contributed by atoms with E-state index in [0.717, 1.165) is 42.7 Å². The van der Waals surface area contributed by atoms with Gasteiger partial charge in [0.1, 0.15) is 23.0 Å². The fraction of sp³-hybridized carbons (Fsp3) is 0.556. The summed E-state index contributed by atoms with van der Waals surface area (Å²) in [7, 11) is 3.87. The fourth-order valence-electron chi connectivity index (χ4n) is 3.43. The number of thiazole rings is 1. The SMILES string of the molecule is CN1CCN(c2cc(N(C)Cc3nc4c(s3)CCCC4)ncn2)CC1=O. The van der Waals surface area contributed by atoms with E-state index in [0.29, 0.717) is 6.54 Å². The number of piperazine rings is 1. The van der Waals surface area contributed by atoms with E-state index in [1.807, 2.05) is 36.4 Å². The van der Waals surface area contributed by atoms with Crippen molar-refractivity contribution in [1.29, 1.82) is 0 Å². The molecule has 1 fully saturated rings. The molecule has 26 heavy (non-hydrogen) atoms. The van der Waals surface area contributed by atoms with Gasteiger partial charge in [0, 0.05) is 38.1 Å². The lowest BCUT2D eigenvalue weighted by Crippen LogP contribution is -2.48. The van der Waals surface area contributed by atoms with Gasteiger partial charge < -0.3 is 14.7 Å². The summed E-state index contributed by atoms with van der Waals surface area (Å²) in [5, 5.41) is 1.15. The number of carbonyl (C=O) groups excluding carboxylic acids is 1. The maximum atomic E-state index is 12.0. The highest BCUT2D eigenvalue weighted by molar-refractivity contribution is 7.11. The Morgan fingerprint density at radius 1 is 1.23 bits per heavy atom. The summed E-state index contributed by atoms with van der Waals surface area (Å²) in [6, 6.07) is 1.96. The third kappa shape index (κ3) is 3.51. The number of carbonyl (C=O) groups is 1. The van der Waals surface area contributed by atoms with Crippen molar-refractivity contribution < 1.29 is 4.79 Å². The van der Waals surface area contributed by atoms with Crippen LogP contribution in [0.15, 0.2) is 12.4 Å². The number of hydrogen-bond donors (Lipinski definition) is 0. The van der Waals surface area contributed by atoms with Gasteiger partial charge in [-0.2, -0.15) is 0 Å². The third-order valence-corrected chi connectivity index (χ3v) is 6.22. The van der Waals surface area contributed by atoms with Gasteiger partial charge in [-0.1, -0.05) is 0 Å². The minimum absolute atomic E-state index is 0.123. The Kier molecular flexibility index (Phi) is 4.76. The number of hydrogen-bond acceptors (Lipinski definition) is 7. The van der Waals surface area contributed by atoms with Gasteiger partial charge in [0.2, 0.25) is 5.91 Å². The molecule has 0 spiro atoms. The quantitative estimate of drug-likeness (QED) is 0.814. The summed E-state index contributed by atoms with van der Waals surface area (Å²) < 4.78 is 0. The van der Waals surface area contributed by atoms with E-state index >= 15 is 0 Å². The third-order valence-electron chi connectivity index (χ3n) is 5.07. The minimum atomic E-state index is 0.123. The van der Waals surface area contributed by atoms with Crippen LogP contribution in [-0.2, 0) is 24.2 Å².